The second-order valence-corrected chi connectivity index (χ2v) is 10.4. The van der Waals surface area contributed by atoms with Gasteiger partial charge in [-0.1, -0.05) is 49.6 Å². The fourth-order valence-electron chi connectivity index (χ4n) is 6.09. The van der Waals surface area contributed by atoms with Crippen molar-refractivity contribution in [1.29, 1.82) is 0 Å². The van der Waals surface area contributed by atoms with E-state index in [9.17, 15) is 14.3 Å². The Morgan fingerprint density at radius 3 is 2.47 bits per heavy atom. The Bertz CT molecular complexity index is 1170. The van der Waals surface area contributed by atoms with Gasteiger partial charge in [0.1, 0.15) is 23.8 Å². The monoisotopic (exact) mass is 493 g/mol. The van der Waals surface area contributed by atoms with Gasteiger partial charge in [0.05, 0.1) is 17.1 Å². The van der Waals surface area contributed by atoms with E-state index in [1.165, 1.54) is 18.6 Å². The molecule has 0 bridgehead atoms. The minimum absolute atomic E-state index is 0.0175. The number of aromatic nitrogens is 2. The van der Waals surface area contributed by atoms with Crippen LogP contribution in [0.25, 0.3) is 11.0 Å². The molecule has 2 saturated carbocycles. The first kappa shape index (κ1) is 24.9. The molecule has 1 aromatic heterocycles. The third kappa shape index (κ3) is 5.18. The molecule has 2 aromatic carbocycles. The van der Waals surface area contributed by atoms with E-state index in [0.717, 1.165) is 49.6 Å². The van der Waals surface area contributed by atoms with Crippen molar-refractivity contribution in [2.45, 2.75) is 82.1 Å². The highest BCUT2D eigenvalue weighted by molar-refractivity contribution is 5.85. The summed E-state index contributed by atoms with van der Waals surface area (Å²) >= 11 is 0. The number of rotatable bonds is 7. The molecule has 2 N–H and O–H groups in total. The molecule has 2 atom stereocenters. The van der Waals surface area contributed by atoms with Gasteiger partial charge in [-0.15, -0.1) is 0 Å². The predicted octanol–water partition coefficient (Wildman–Crippen LogP) is 5.45. The van der Waals surface area contributed by atoms with Crippen molar-refractivity contribution in [2.75, 3.05) is 7.11 Å². The lowest BCUT2D eigenvalue weighted by atomic mass is 9.82. The molecule has 36 heavy (non-hydrogen) atoms. The average Bonchev–Trinajstić information content (AvgIpc) is 3.25. The number of ether oxygens (including phenoxy) is 1. The number of benzene rings is 2. The van der Waals surface area contributed by atoms with Gasteiger partial charge in [-0.25, -0.2) is 9.37 Å². The lowest BCUT2D eigenvalue weighted by molar-refractivity contribution is -0.127. The lowest BCUT2D eigenvalue weighted by Crippen LogP contribution is -2.45. The van der Waals surface area contributed by atoms with E-state index in [0.29, 0.717) is 24.2 Å². The number of aliphatic hydroxyl groups is 1. The number of nitrogens with zero attached hydrogens (tertiary/aromatic N) is 2. The number of carbonyl (C=O) groups excluding carboxylic acids is 1. The zero-order valence-electron chi connectivity index (χ0n) is 20.9. The molecule has 0 radical (unpaired) electrons. The highest BCUT2D eigenvalue weighted by Crippen LogP contribution is 2.39. The van der Waals surface area contributed by atoms with Crippen LogP contribution in [-0.4, -0.2) is 39.8 Å². The Kier molecular flexibility index (Phi) is 7.67. The van der Waals surface area contributed by atoms with Gasteiger partial charge in [-0.3, -0.25) is 4.79 Å². The quantitative estimate of drug-likeness (QED) is 0.459. The molecule has 0 aliphatic heterocycles. The summed E-state index contributed by atoms with van der Waals surface area (Å²) in [5.41, 5.74) is 2.20. The molecule has 1 heterocycles. The van der Waals surface area contributed by atoms with Crippen LogP contribution in [0.15, 0.2) is 48.5 Å². The number of imidazole rings is 1. The summed E-state index contributed by atoms with van der Waals surface area (Å²) in [6.45, 7) is 0. The van der Waals surface area contributed by atoms with Crippen molar-refractivity contribution in [3.05, 3.63) is 65.7 Å². The number of halogens is 1. The maximum atomic E-state index is 14.3. The highest BCUT2D eigenvalue weighted by Gasteiger charge is 2.37. The summed E-state index contributed by atoms with van der Waals surface area (Å²) in [7, 11) is 1.64. The number of aliphatic hydroxyl groups excluding tert-OH is 1. The van der Waals surface area contributed by atoms with Crippen LogP contribution in [0, 0.1) is 11.7 Å². The Balaban J connectivity index is 1.61. The first-order valence-corrected chi connectivity index (χ1v) is 13.3. The van der Waals surface area contributed by atoms with E-state index in [1.54, 1.807) is 13.2 Å². The Hall–Kier alpha value is -2.77. The van der Waals surface area contributed by atoms with E-state index in [4.69, 9.17) is 9.72 Å². The van der Waals surface area contributed by atoms with E-state index < -0.39 is 12.1 Å². The van der Waals surface area contributed by atoms with E-state index in [-0.39, 0.29) is 29.8 Å². The van der Waals surface area contributed by atoms with Gasteiger partial charge >= 0.3 is 0 Å². The maximum Gasteiger partial charge on any atom is 0.243 e. The molecule has 1 amide bonds. The first-order valence-electron chi connectivity index (χ1n) is 13.3. The molecule has 0 spiro atoms. The summed E-state index contributed by atoms with van der Waals surface area (Å²) < 4.78 is 22.3. The van der Waals surface area contributed by atoms with Crippen LogP contribution in [0.2, 0.25) is 0 Å². The SMILES string of the molecule is COC(c1ccccc1)c1nc2cc(F)ccc2n1C(C(=O)NC1CCC(O)CC1)C1CCCCC1. The number of fused-ring (bicyclic) bond motifs is 1. The summed E-state index contributed by atoms with van der Waals surface area (Å²) in [6.07, 6.45) is 7.48. The third-order valence-corrected chi connectivity index (χ3v) is 7.94. The van der Waals surface area contributed by atoms with Crippen LogP contribution >= 0.6 is 0 Å². The lowest BCUT2D eigenvalue weighted by Gasteiger charge is -2.35. The van der Waals surface area contributed by atoms with Crippen molar-refractivity contribution in [1.82, 2.24) is 14.9 Å². The van der Waals surface area contributed by atoms with Gasteiger partial charge in [0.15, 0.2) is 0 Å². The zero-order chi connectivity index (χ0) is 25.1. The number of hydrogen-bond donors (Lipinski definition) is 2. The van der Waals surface area contributed by atoms with Crippen molar-refractivity contribution in [3.63, 3.8) is 0 Å². The predicted molar refractivity (Wildman–Crippen MR) is 137 cm³/mol. The van der Waals surface area contributed by atoms with Gasteiger partial charge in [0, 0.05) is 19.2 Å². The van der Waals surface area contributed by atoms with Gasteiger partial charge in [-0.2, -0.15) is 0 Å². The standard InChI is InChI=1S/C29H36FN3O3/c1-36-27(20-10-6-3-7-11-20)28-32-24-18-21(30)12-17-25(24)33(28)26(19-8-4-2-5-9-19)29(35)31-22-13-15-23(34)16-14-22/h3,6-7,10-12,17-19,22-23,26-27,34H,2,4-5,8-9,13-16H2,1H3,(H,31,35). The largest absolute Gasteiger partial charge is 0.393 e. The van der Waals surface area contributed by atoms with Crippen molar-refractivity contribution < 1.29 is 19.0 Å². The minimum Gasteiger partial charge on any atom is -0.393 e. The normalized spacial score (nSPS) is 22.9. The molecular formula is C29H36FN3O3. The first-order chi connectivity index (χ1) is 17.5. The molecule has 192 valence electrons. The van der Waals surface area contributed by atoms with Gasteiger partial charge in [0.2, 0.25) is 5.91 Å². The topological polar surface area (TPSA) is 76.4 Å². The minimum atomic E-state index is -0.495. The van der Waals surface area contributed by atoms with E-state index in [1.807, 2.05) is 34.9 Å². The summed E-state index contributed by atoms with van der Waals surface area (Å²) in [4.78, 5) is 18.9. The Labute approximate surface area is 211 Å². The molecule has 0 saturated heterocycles. The number of amides is 1. The van der Waals surface area contributed by atoms with Gasteiger partial charge < -0.3 is 19.7 Å². The second-order valence-electron chi connectivity index (χ2n) is 10.4. The van der Waals surface area contributed by atoms with Crippen LogP contribution in [-0.2, 0) is 9.53 Å². The fraction of sp³-hybridized carbons (Fsp3) is 0.517. The number of carbonyl (C=O) groups is 1. The van der Waals surface area contributed by atoms with Gasteiger partial charge in [-0.05, 0) is 62.1 Å². The molecule has 2 aliphatic rings. The highest BCUT2D eigenvalue weighted by atomic mass is 19.1. The van der Waals surface area contributed by atoms with Crippen LogP contribution in [0.1, 0.15) is 81.3 Å². The average molecular weight is 494 g/mol. The number of hydrogen-bond acceptors (Lipinski definition) is 4. The van der Waals surface area contributed by atoms with E-state index in [2.05, 4.69) is 5.32 Å². The summed E-state index contributed by atoms with van der Waals surface area (Å²) in [5, 5.41) is 13.2. The van der Waals surface area contributed by atoms with E-state index >= 15 is 0 Å². The molecule has 5 rings (SSSR count). The van der Waals surface area contributed by atoms with Gasteiger partial charge in [0.25, 0.3) is 0 Å². The van der Waals surface area contributed by atoms with Crippen LogP contribution < -0.4 is 5.32 Å². The third-order valence-electron chi connectivity index (χ3n) is 7.94. The number of methoxy groups -OCH3 is 1. The maximum absolute atomic E-state index is 14.3. The summed E-state index contributed by atoms with van der Waals surface area (Å²) in [6, 6.07) is 14.0. The second kappa shape index (κ2) is 11.1. The van der Waals surface area contributed by atoms with Crippen LogP contribution in [0.4, 0.5) is 4.39 Å². The summed E-state index contributed by atoms with van der Waals surface area (Å²) in [5.74, 6) is 0.402. The van der Waals surface area contributed by atoms with Crippen LogP contribution in [0.5, 0.6) is 0 Å². The van der Waals surface area contributed by atoms with Crippen molar-refractivity contribution in [2.24, 2.45) is 5.92 Å². The smallest absolute Gasteiger partial charge is 0.243 e. The van der Waals surface area contributed by atoms with Crippen molar-refractivity contribution >= 4 is 16.9 Å². The molecule has 2 fully saturated rings. The van der Waals surface area contributed by atoms with Crippen molar-refractivity contribution in [3.8, 4) is 0 Å². The fourth-order valence-corrected chi connectivity index (χ4v) is 6.09. The molecule has 3 aromatic rings. The zero-order valence-corrected chi connectivity index (χ0v) is 20.9. The Morgan fingerprint density at radius 2 is 1.78 bits per heavy atom. The Morgan fingerprint density at radius 1 is 1.06 bits per heavy atom. The number of nitrogens with one attached hydrogen (secondary N) is 1. The molecule has 7 heteroatoms. The molecule has 2 unspecified atom stereocenters. The van der Waals surface area contributed by atoms with Crippen LogP contribution in [0.3, 0.4) is 0 Å². The molecular weight excluding hydrogens is 457 g/mol. The molecule has 6 nitrogen and oxygen atoms in total. The molecule has 2 aliphatic carbocycles.